The summed E-state index contributed by atoms with van der Waals surface area (Å²) in [6.45, 7) is 8.45. The molecule has 0 bridgehead atoms. The molecule has 0 N–H and O–H groups in total. The molecule has 1 heterocycles. The SMILES string of the molecule is CC1CN(C(=O)OC(C)(C)C)c2ccc(Br)cc21. The lowest BCUT2D eigenvalue weighted by Gasteiger charge is -2.25. The molecule has 98 valence electrons. The van der Waals surface area contributed by atoms with Gasteiger partial charge in [-0.2, -0.15) is 0 Å². The van der Waals surface area contributed by atoms with E-state index in [1.807, 2.05) is 32.9 Å². The van der Waals surface area contributed by atoms with Crippen LogP contribution < -0.4 is 4.90 Å². The summed E-state index contributed by atoms with van der Waals surface area (Å²) in [4.78, 5) is 13.9. The van der Waals surface area contributed by atoms with Crippen molar-refractivity contribution in [3.05, 3.63) is 28.2 Å². The van der Waals surface area contributed by atoms with Crippen molar-refractivity contribution in [2.75, 3.05) is 11.4 Å². The maximum absolute atomic E-state index is 12.1. The van der Waals surface area contributed by atoms with Crippen LogP contribution in [0.15, 0.2) is 22.7 Å². The van der Waals surface area contributed by atoms with E-state index < -0.39 is 5.60 Å². The van der Waals surface area contributed by atoms with Crippen molar-refractivity contribution in [1.29, 1.82) is 0 Å². The zero-order valence-electron chi connectivity index (χ0n) is 11.2. The van der Waals surface area contributed by atoms with Gasteiger partial charge in [-0.05, 0) is 44.5 Å². The first-order valence-corrected chi connectivity index (χ1v) is 6.87. The van der Waals surface area contributed by atoms with E-state index in [9.17, 15) is 4.79 Å². The van der Waals surface area contributed by atoms with Gasteiger partial charge in [-0.1, -0.05) is 22.9 Å². The minimum atomic E-state index is -0.460. The average molecular weight is 312 g/mol. The second-order valence-corrected chi connectivity index (χ2v) is 6.61. The molecule has 4 heteroatoms. The van der Waals surface area contributed by atoms with Crippen LogP contribution in [0.1, 0.15) is 39.2 Å². The van der Waals surface area contributed by atoms with Crippen molar-refractivity contribution in [2.45, 2.75) is 39.2 Å². The number of halogens is 1. The second kappa shape index (κ2) is 4.57. The summed E-state index contributed by atoms with van der Waals surface area (Å²) in [5.74, 6) is 0.338. The Hall–Kier alpha value is -1.03. The average Bonchev–Trinajstić information content (AvgIpc) is 2.54. The zero-order chi connectivity index (χ0) is 13.5. The number of hydrogen-bond acceptors (Lipinski definition) is 2. The highest BCUT2D eigenvalue weighted by Crippen LogP contribution is 2.38. The molecule has 2 rings (SSSR count). The smallest absolute Gasteiger partial charge is 0.414 e. The van der Waals surface area contributed by atoms with Crippen molar-refractivity contribution < 1.29 is 9.53 Å². The van der Waals surface area contributed by atoms with E-state index in [0.717, 1.165) is 10.2 Å². The van der Waals surface area contributed by atoms with Gasteiger partial charge >= 0.3 is 6.09 Å². The Morgan fingerprint density at radius 2 is 2.11 bits per heavy atom. The summed E-state index contributed by atoms with van der Waals surface area (Å²) in [7, 11) is 0. The lowest BCUT2D eigenvalue weighted by molar-refractivity contribution is 0.0582. The number of amides is 1. The minimum Gasteiger partial charge on any atom is -0.443 e. The highest BCUT2D eigenvalue weighted by molar-refractivity contribution is 9.10. The summed E-state index contributed by atoms with van der Waals surface area (Å²) < 4.78 is 6.47. The number of benzene rings is 1. The van der Waals surface area contributed by atoms with E-state index >= 15 is 0 Å². The molecule has 0 aromatic heterocycles. The molecule has 0 spiro atoms. The van der Waals surface area contributed by atoms with Crippen LogP contribution in [0, 0.1) is 0 Å². The van der Waals surface area contributed by atoms with E-state index in [2.05, 4.69) is 28.9 Å². The molecule has 18 heavy (non-hydrogen) atoms. The van der Waals surface area contributed by atoms with Gasteiger partial charge in [-0.15, -0.1) is 0 Å². The predicted octanol–water partition coefficient (Wildman–Crippen LogP) is 4.31. The Morgan fingerprint density at radius 1 is 1.44 bits per heavy atom. The molecule has 3 nitrogen and oxygen atoms in total. The van der Waals surface area contributed by atoms with Crippen LogP contribution in [0.4, 0.5) is 10.5 Å². The van der Waals surface area contributed by atoms with E-state index in [1.54, 1.807) is 4.90 Å². The van der Waals surface area contributed by atoms with E-state index in [4.69, 9.17) is 4.74 Å². The molecule has 1 amide bonds. The van der Waals surface area contributed by atoms with Gasteiger partial charge in [0.05, 0.1) is 5.69 Å². The molecule has 1 aliphatic heterocycles. The number of anilines is 1. The Balaban J connectivity index is 2.27. The number of fused-ring (bicyclic) bond motifs is 1. The highest BCUT2D eigenvalue weighted by Gasteiger charge is 2.32. The third-order valence-corrected chi connectivity index (χ3v) is 3.37. The standard InChI is InChI=1S/C14H18BrNO2/c1-9-8-16(13(17)18-14(2,3)4)12-6-5-10(15)7-11(9)12/h5-7,9H,8H2,1-4H3. The van der Waals surface area contributed by atoms with Gasteiger partial charge in [0.25, 0.3) is 0 Å². The molecule has 0 aliphatic carbocycles. The van der Waals surface area contributed by atoms with Crippen LogP contribution in [0.5, 0.6) is 0 Å². The molecule has 1 aliphatic rings. The van der Waals surface area contributed by atoms with E-state index in [-0.39, 0.29) is 6.09 Å². The number of nitrogens with zero attached hydrogens (tertiary/aromatic N) is 1. The van der Waals surface area contributed by atoms with E-state index in [1.165, 1.54) is 5.56 Å². The van der Waals surface area contributed by atoms with Crippen LogP contribution in [0.25, 0.3) is 0 Å². The lowest BCUT2D eigenvalue weighted by Crippen LogP contribution is -2.36. The molecule has 0 saturated heterocycles. The fourth-order valence-electron chi connectivity index (χ4n) is 2.13. The molecule has 1 atom stereocenters. The normalized spacial score (nSPS) is 18.7. The molecular weight excluding hydrogens is 294 g/mol. The van der Waals surface area contributed by atoms with Crippen LogP contribution in [-0.2, 0) is 4.74 Å². The Bertz CT molecular complexity index is 479. The summed E-state index contributed by atoms with van der Waals surface area (Å²) in [6, 6.07) is 5.99. The Labute approximate surface area is 116 Å². The molecule has 0 fully saturated rings. The zero-order valence-corrected chi connectivity index (χ0v) is 12.7. The quantitative estimate of drug-likeness (QED) is 0.714. The molecule has 1 aromatic rings. The largest absolute Gasteiger partial charge is 0.443 e. The number of carbonyl (C=O) groups excluding carboxylic acids is 1. The Kier molecular flexibility index (Phi) is 3.41. The van der Waals surface area contributed by atoms with Crippen LogP contribution >= 0.6 is 15.9 Å². The van der Waals surface area contributed by atoms with Crippen LogP contribution in [0.2, 0.25) is 0 Å². The fourth-order valence-corrected chi connectivity index (χ4v) is 2.51. The topological polar surface area (TPSA) is 29.5 Å². The lowest BCUT2D eigenvalue weighted by atomic mass is 10.0. The van der Waals surface area contributed by atoms with Gasteiger partial charge in [0.15, 0.2) is 0 Å². The number of ether oxygens (including phenoxy) is 1. The number of hydrogen-bond donors (Lipinski definition) is 0. The van der Waals surface area contributed by atoms with Crippen molar-refractivity contribution in [2.24, 2.45) is 0 Å². The summed E-state index contributed by atoms with van der Waals surface area (Å²) in [5.41, 5.74) is 1.69. The first-order chi connectivity index (χ1) is 8.28. The number of rotatable bonds is 0. The number of carbonyl (C=O) groups is 1. The maximum atomic E-state index is 12.1. The van der Waals surface area contributed by atoms with Gasteiger partial charge < -0.3 is 4.74 Å². The summed E-state index contributed by atoms with van der Waals surface area (Å²) in [5, 5.41) is 0. The van der Waals surface area contributed by atoms with Crippen molar-refractivity contribution in [3.8, 4) is 0 Å². The monoisotopic (exact) mass is 311 g/mol. The third kappa shape index (κ3) is 2.69. The van der Waals surface area contributed by atoms with E-state index in [0.29, 0.717) is 12.5 Å². The molecule has 1 aromatic carbocycles. The third-order valence-electron chi connectivity index (χ3n) is 2.88. The highest BCUT2D eigenvalue weighted by atomic mass is 79.9. The van der Waals surface area contributed by atoms with Crippen molar-refractivity contribution in [1.82, 2.24) is 0 Å². The van der Waals surface area contributed by atoms with Gasteiger partial charge in [-0.3, -0.25) is 4.90 Å². The molecule has 0 saturated carbocycles. The maximum Gasteiger partial charge on any atom is 0.414 e. The first-order valence-electron chi connectivity index (χ1n) is 6.08. The minimum absolute atomic E-state index is 0.268. The Morgan fingerprint density at radius 3 is 2.72 bits per heavy atom. The van der Waals surface area contributed by atoms with Crippen molar-refractivity contribution in [3.63, 3.8) is 0 Å². The summed E-state index contributed by atoms with van der Waals surface area (Å²) >= 11 is 3.46. The van der Waals surface area contributed by atoms with Gasteiger partial charge in [0.1, 0.15) is 5.60 Å². The summed E-state index contributed by atoms with van der Waals surface area (Å²) in [6.07, 6.45) is -0.268. The molecule has 1 unspecified atom stereocenters. The predicted molar refractivity (Wildman–Crippen MR) is 76.1 cm³/mol. The fraction of sp³-hybridized carbons (Fsp3) is 0.500. The van der Waals surface area contributed by atoms with Crippen LogP contribution in [0.3, 0.4) is 0 Å². The molecule has 0 radical (unpaired) electrons. The van der Waals surface area contributed by atoms with Gasteiger partial charge in [-0.25, -0.2) is 4.79 Å². The first kappa shape index (κ1) is 13.4. The molecular formula is C14H18BrNO2. The van der Waals surface area contributed by atoms with Crippen LogP contribution in [-0.4, -0.2) is 18.2 Å². The van der Waals surface area contributed by atoms with Gasteiger partial charge in [0, 0.05) is 16.9 Å². The van der Waals surface area contributed by atoms with Crippen molar-refractivity contribution >= 4 is 27.7 Å². The second-order valence-electron chi connectivity index (χ2n) is 5.70. The van der Waals surface area contributed by atoms with Gasteiger partial charge in [0.2, 0.25) is 0 Å².